The highest BCUT2D eigenvalue weighted by Gasteiger charge is 2.27. The van der Waals surface area contributed by atoms with Crippen LogP contribution in [-0.2, 0) is 14.6 Å². The van der Waals surface area contributed by atoms with Crippen LogP contribution >= 0.6 is 11.6 Å². The van der Waals surface area contributed by atoms with E-state index in [4.69, 9.17) is 16.3 Å². The number of ether oxygens (including phenoxy) is 1. The van der Waals surface area contributed by atoms with E-state index in [1.807, 2.05) is 4.90 Å². The number of carbonyl (C=O) groups is 1. The number of nitrogens with zero attached hydrogens (tertiary/aromatic N) is 4. The van der Waals surface area contributed by atoms with E-state index in [1.165, 1.54) is 12.1 Å². The van der Waals surface area contributed by atoms with Gasteiger partial charge in [-0.15, -0.1) is 0 Å². The highest BCUT2D eigenvalue weighted by Crippen LogP contribution is 2.28. The molecular weight excluding hydrogens is 461 g/mol. The maximum Gasteiger partial charge on any atom is 0.410 e. The largest absolute Gasteiger partial charge is 0.444 e. The molecular formula is C20H25ClFN5O4S. The molecule has 0 radical (unpaired) electrons. The Labute approximate surface area is 191 Å². The molecule has 1 aromatic carbocycles. The number of amides is 1. The SMILES string of the molecule is CC(C)(C)OC(=O)N1CCN(c2cc(Nc3ccc(F)cc3Cl)nc(S(C)(=O)=O)n2)CC1. The first-order valence-electron chi connectivity index (χ1n) is 9.86. The molecule has 0 spiro atoms. The summed E-state index contributed by atoms with van der Waals surface area (Å²) in [5.74, 6) is 0.0760. The normalized spacial score (nSPS) is 14.9. The molecule has 0 atom stereocenters. The molecule has 0 aliphatic carbocycles. The van der Waals surface area contributed by atoms with Crippen LogP contribution in [0.25, 0.3) is 0 Å². The predicted molar refractivity (Wildman–Crippen MR) is 120 cm³/mol. The Morgan fingerprint density at radius 1 is 1.16 bits per heavy atom. The Morgan fingerprint density at radius 2 is 1.81 bits per heavy atom. The minimum absolute atomic E-state index is 0.122. The molecule has 1 saturated heterocycles. The van der Waals surface area contributed by atoms with Crippen molar-refractivity contribution < 1.29 is 22.3 Å². The van der Waals surface area contributed by atoms with E-state index in [-0.39, 0.29) is 16.0 Å². The summed E-state index contributed by atoms with van der Waals surface area (Å²) in [6.45, 7) is 7.04. The second kappa shape index (κ2) is 9.07. The fraction of sp³-hybridized carbons (Fsp3) is 0.450. The number of benzene rings is 1. The summed E-state index contributed by atoms with van der Waals surface area (Å²) >= 11 is 6.07. The van der Waals surface area contributed by atoms with Gasteiger partial charge in [-0.3, -0.25) is 0 Å². The third-order valence-electron chi connectivity index (χ3n) is 4.47. The minimum Gasteiger partial charge on any atom is -0.444 e. The zero-order chi connectivity index (χ0) is 23.7. The van der Waals surface area contributed by atoms with Gasteiger partial charge in [0.05, 0.1) is 10.7 Å². The van der Waals surface area contributed by atoms with E-state index in [0.29, 0.717) is 37.7 Å². The van der Waals surface area contributed by atoms with Crippen LogP contribution in [0.5, 0.6) is 0 Å². The number of sulfone groups is 1. The molecule has 174 valence electrons. The monoisotopic (exact) mass is 485 g/mol. The molecule has 0 unspecified atom stereocenters. The van der Waals surface area contributed by atoms with E-state index in [0.717, 1.165) is 12.3 Å². The molecule has 0 bridgehead atoms. The number of anilines is 3. The summed E-state index contributed by atoms with van der Waals surface area (Å²) in [5.41, 5.74) is -0.222. The number of hydrogen-bond donors (Lipinski definition) is 1. The van der Waals surface area contributed by atoms with Crippen molar-refractivity contribution in [2.24, 2.45) is 0 Å². The van der Waals surface area contributed by atoms with Gasteiger partial charge in [0, 0.05) is 38.5 Å². The van der Waals surface area contributed by atoms with E-state index in [1.54, 1.807) is 31.7 Å². The maximum atomic E-state index is 13.3. The zero-order valence-corrected chi connectivity index (χ0v) is 19.8. The molecule has 3 rings (SSSR count). The number of carbonyl (C=O) groups excluding carboxylic acids is 1. The first-order valence-corrected chi connectivity index (χ1v) is 12.1. The summed E-state index contributed by atoms with van der Waals surface area (Å²) in [7, 11) is -3.71. The molecule has 1 aromatic heterocycles. The molecule has 2 aromatic rings. The molecule has 1 fully saturated rings. The highest BCUT2D eigenvalue weighted by atomic mass is 35.5. The number of hydrogen-bond acceptors (Lipinski definition) is 8. The van der Waals surface area contributed by atoms with Crippen molar-refractivity contribution in [2.45, 2.75) is 31.5 Å². The van der Waals surface area contributed by atoms with Gasteiger partial charge in [-0.05, 0) is 39.0 Å². The molecule has 1 amide bonds. The van der Waals surface area contributed by atoms with Gasteiger partial charge in [-0.25, -0.2) is 27.6 Å². The van der Waals surface area contributed by atoms with E-state index in [9.17, 15) is 17.6 Å². The quantitative estimate of drug-likeness (QED) is 0.656. The van der Waals surface area contributed by atoms with E-state index < -0.39 is 27.3 Å². The van der Waals surface area contributed by atoms with Crippen molar-refractivity contribution in [2.75, 3.05) is 42.7 Å². The molecule has 32 heavy (non-hydrogen) atoms. The summed E-state index contributed by atoms with van der Waals surface area (Å²) in [4.78, 5) is 24.0. The number of aromatic nitrogens is 2. The first kappa shape index (κ1) is 24.0. The van der Waals surface area contributed by atoms with Crippen molar-refractivity contribution in [3.63, 3.8) is 0 Å². The average Bonchev–Trinajstić information content (AvgIpc) is 2.68. The van der Waals surface area contributed by atoms with Gasteiger partial charge < -0.3 is 19.9 Å². The third-order valence-corrected chi connectivity index (χ3v) is 5.63. The number of nitrogens with one attached hydrogen (secondary N) is 1. The molecule has 9 nitrogen and oxygen atoms in total. The Hall–Kier alpha value is -2.66. The lowest BCUT2D eigenvalue weighted by Crippen LogP contribution is -2.50. The second-order valence-corrected chi connectivity index (χ2v) is 10.7. The number of rotatable bonds is 4. The Kier molecular flexibility index (Phi) is 6.80. The molecule has 1 N–H and O–H groups in total. The standard InChI is InChI=1S/C20H25ClFN5O4S/c1-20(2,3)31-19(28)27-9-7-26(8-10-27)17-12-16(24-18(25-17)32(4,29)30)23-15-6-5-13(22)11-14(15)21/h5-6,11-12H,7-10H2,1-4H3,(H,23,24,25). The summed E-state index contributed by atoms with van der Waals surface area (Å²) in [6.07, 6.45) is 0.617. The van der Waals surface area contributed by atoms with Gasteiger partial charge in [0.2, 0.25) is 9.84 Å². The topological polar surface area (TPSA) is 105 Å². The molecule has 0 saturated carbocycles. The minimum atomic E-state index is -3.71. The first-order chi connectivity index (χ1) is 14.8. The fourth-order valence-electron chi connectivity index (χ4n) is 2.98. The zero-order valence-electron chi connectivity index (χ0n) is 18.2. The van der Waals surface area contributed by atoms with Crippen LogP contribution in [0.1, 0.15) is 20.8 Å². The Morgan fingerprint density at radius 3 is 2.38 bits per heavy atom. The maximum absolute atomic E-state index is 13.3. The molecule has 1 aliphatic rings. The van der Waals surface area contributed by atoms with Gasteiger partial charge in [0.15, 0.2) is 0 Å². The predicted octanol–water partition coefficient (Wildman–Crippen LogP) is 3.47. The Balaban J connectivity index is 1.82. The van der Waals surface area contributed by atoms with Crippen molar-refractivity contribution in [1.29, 1.82) is 0 Å². The van der Waals surface area contributed by atoms with Crippen molar-refractivity contribution in [3.05, 3.63) is 35.1 Å². The lowest BCUT2D eigenvalue weighted by molar-refractivity contribution is 0.0240. The van der Waals surface area contributed by atoms with Gasteiger partial charge in [-0.1, -0.05) is 11.6 Å². The van der Waals surface area contributed by atoms with Crippen LogP contribution in [-0.4, -0.2) is 67.4 Å². The van der Waals surface area contributed by atoms with Gasteiger partial charge >= 0.3 is 6.09 Å². The van der Waals surface area contributed by atoms with Crippen LogP contribution in [0, 0.1) is 5.82 Å². The third kappa shape index (κ3) is 6.19. The molecule has 12 heteroatoms. The summed E-state index contributed by atoms with van der Waals surface area (Å²) in [5, 5.41) is 2.68. The summed E-state index contributed by atoms with van der Waals surface area (Å²) < 4.78 is 43.0. The van der Waals surface area contributed by atoms with Crippen molar-refractivity contribution in [3.8, 4) is 0 Å². The lowest BCUT2D eigenvalue weighted by atomic mass is 10.2. The second-order valence-electron chi connectivity index (χ2n) is 8.37. The number of piperazine rings is 1. The molecule has 2 heterocycles. The van der Waals surface area contributed by atoms with Crippen LogP contribution in [0.2, 0.25) is 5.02 Å². The lowest BCUT2D eigenvalue weighted by Gasteiger charge is -2.36. The highest BCUT2D eigenvalue weighted by molar-refractivity contribution is 7.90. The number of halogens is 2. The van der Waals surface area contributed by atoms with Crippen LogP contribution in [0.4, 0.5) is 26.5 Å². The average molecular weight is 486 g/mol. The van der Waals surface area contributed by atoms with Crippen molar-refractivity contribution >= 4 is 44.9 Å². The van der Waals surface area contributed by atoms with Gasteiger partial charge in [0.1, 0.15) is 23.1 Å². The van der Waals surface area contributed by atoms with Crippen LogP contribution in [0.15, 0.2) is 29.4 Å². The van der Waals surface area contributed by atoms with Gasteiger partial charge in [0.25, 0.3) is 5.16 Å². The fourth-order valence-corrected chi connectivity index (χ4v) is 3.72. The van der Waals surface area contributed by atoms with Gasteiger partial charge in [-0.2, -0.15) is 0 Å². The van der Waals surface area contributed by atoms with Crippen LogP contribution in [0.3, 0.4) is 0 Å². The molecule has 1 aliphatic heterocycles. The van der Waals surface area contributed by atoms with Crippen LogP contribution < -0.4 is 10.2 Å². The van der Waals surface area contributed by atoms with E-state index in [2.05, 4.69) is 15.3 Å². The Bertz CT molecular complexity index is 1120. The van der Waals surface area contributed by atoms with E-state index >= 15 is 0 Å². The smallest absolute Gasteiger partial charge is 0.410 e. The summed E-state index contributed by atoms with van der Waals surface area (Å²) in [6, 6.07) is 5.37. The van der Waals surface area contributed by atoms with Crippen molar-refractivity contribution in [1.82, 2.24) is 14.9 Å².